The number of alkyl halides is 2. The molecule has 5 heteroatoms. The Hall–Kier alpha value is -0.440. The predicted molar refractivity (Wildman–Crippen MR) is 95.2 cm³/mol. The third-order valence-electron chi connectivity index (χ3n) is 6.08. The lowest BCUT2D eigenvalue weighted by Crippen LogP contribution is -2.16. The molecule has 0 bridgehead atoms. The van der Waals surface area contributed by atoms with Gasteiger partial charge in [0.2, 0.25) is 5.91 Å². The summed E-state index contributed by atoms with van der Waals surface area (Å²) in [5, 5.41) is 3.72. The van der Waals surface area contributed by atoms with Crippen LogP contribution in [0.2, 0.25) is 5.02 Å². The van der Waals surface area contributed by atoms with Gasteiger partial charge >= 0.3 is 0 Å². The van der Waals surface area contributed by atoms with Gasteiger partial charge in [0.05, 0.1) is 0 Å². The first-order chi connectivity index (χ1) is 10.9. The minimum absolute atomic E-state index is 0.143. The molecule has 124 valence electrons. The first-order valence-corrected chi connectivity index (χ1v) is 9.48. The topological polar surface area (TPSA) is 29.1 Å². The summed E-state index contributed by atoms with van der Waals surface area (Å²) in [7, 11) is 0. The molecule has 1 aromatic rings. The number of carbonyl (C=O) groups excluding carboxylic acids is 1. The number of carbonyl (C=O) groups is 1. The van der Waals surface area contributed by atoms with E-state index < -0.39 is 4.33 Å². The molecule has 0 heterocycles. The van der Waals surface area contributed by atoms with Gasteiger partial charge in [-0.05, 0) is 74.0 Å². The molecule has 4 unspecified atom stereocenters. The summed E-state index contributed by atoms with van der Waals surface area (Å²) in [5.74, 6) is 2.16. The molecule has 2 nitrogen and oxygen atoms in total. The fraction of sp³-hybridized carbons (Fsp3) is 0.611. The molecule has 3 aliphatic rings. The van der Waals surface area contributed by atoms with Crippen LogP contribution >= 0.6 is 34.8 Å². The minimum atomic E-state index is -0.494. The molecule has 1 N–H and O–H groups in total. The molecule has 4 rings (SSSR count). The SMILES string of the molecule is Cc1ccc(Cl)cc1NC(=O)C1C2CCC3C(CCC21)C3(Cl)Cl. The number of anilines is 1. The Morgan fingerprint density at radius 2 is 1.74 bits per heavy atom. The molecular formula is C18H20Cl3NO. The number of hydrogen-bond donors (Lipinski definition) is 1. The fourth-order valence-corrected chi connectivity index (χ4v) is 5.65. The van der Waals surface area contributed by atoms with Crippen molar-refractivity contribution in [2.45, 2.75) is 36.9 Å². The van der Waals surface area contributed by atoms with Crippen molar-refractivity contribution in [2.75, 3.05) is 5.32 Å². The zero-order valence-electron chi connectivity index (χ0n) is 13.0. The second kappa shape index (κ2) is 5.54. The van der Waals surface area contributed by atoms with Crippen LogP contribution in [-0.2, 0) is 4.79 Å². The number of aryl methyl sites for hydroxylation is 1. The van der Waals surface area contributed by atoms with Crippen LogP contribution in [0, 0.1) is 36.5 Å². The molecule has 4 atom stereocenters. The molecule has 1 aromatic carbocycles. The van der Waals surface area contributed by atoms with Gasteiger partial charge in [-0.2, -0.15) is 0 Å². The average molecular weight is 373 g/mol. The Balaban J connectivity index is 1.41. The number of fused-ring (bicyclic) bond motifs is 2. The van der Waals surface area contributed by atoms with E-state index in [1.807, 2.05) is 25.1 Å². The Morgan fingerprint density at radius 3 is 2.35 bits per heavy atom. The number of hydrogen-bond acceptors (Lipinski definition) is 1. The summed E-state index contributed by atoms with van der Waals surface area (Å²) in [4.78, 5) is 12.6. The van der Waals surface area contributed by atoms with Gasteiger partial charge < -0.3 is 5.32 Å². The first kappa shape index (κ1) is 16.1. The van der Waals surface area contributed by atoms with Gasteiger partial charge in [-0.15, -0.1) is 23.2 Å². The summed E-state index contributed by atoms with van der Waals surface area (Å²) in [6.45, 7) is 1.98. The smallest absolute Gasteiger partial charge is 0.228 e. The fourth-order valence-electron chi connectivity index (χ4n) is 4.56. The second-order valence-corrected chi connectivity index (χ2v) is 9.22. The monoisotopic (exact) mass is 371 g/mol. The van der Waals surface area contributed by atoms with Crippen LogP contribution in [0.3, 0.4) is 0 Å². The van der Waals surface area contributed by atoms with E-state index in [0.29, 0.717) is 28.7 Å². The zero-order valence-corrected chi connectivity index (χ0v) is 15.3. The third-order valence-corrected chi connectivity index (χ3v) is 7.44. The molecule has 3 saturated carbocycles. The van der Waals surface area contributed by atoms with Gasteiger partial charge in [0.25, 0.3) is 0 Å². The van der Waals surface area contributed by atoms with Crippen molar-refractivity contribution in [3.8, 4) is 0 Å². The van der Waals surface area contributed by atoms with Crippen molar-refractivity contribution in [1.29, 1.82) is 0 Å². The van der Waals surface area contributed by atoms with Crippen molar-refractivity contribution in [1.82, 2.24) is 0 Å². The molecule has 3 aliphatic carbocycles. The number of benzene rings is 1. The maximum absolute atomic E-state index is 12.6. The number of nitrogens with one attached hydrogen (secondary N) is 1. The maximum Gasteiger partial charge on any atom is 0.228 e. The van der Waals surface area contributed by atoms with E-state index in [4.69, 9.17) is 34.8 Å². The van der Waals surface area contributed by atoms with E-state index in [-0.39, 0.29) is 11.8 Å². The summed E-state index contributed by atoms with van der Waals surface area (Å²) in [6.07, 6.45) is 4.25. The van der Waals surface area contributed by atoms with E-state index in [1.54, 1.807) is 0 Å². The average Bonchev–Trinajstić information content (AvgIpc) is 3.27. The summed E-state index contributed by atoms with van der Waals surface area (Å²) in [5.41, 5.74) is 1.86. The molecule has 0 aliphatic heterocycles. The molecule has 0 saturated heterocycles. The first-order valence-electron chi connectivity index (χ1n) is 8.34. The number of amides is 1. The second-order valence-electron chi connectivity index (χ2n) is 7.34. The van der Waals surface area contributed by atoms with Gasteiger partial charge in [0.15, 0.2) is 0 Å². The number of rotatable bonds is 2. The van der Waals surface area contributed by atoms with Gasteiger partial charge in [-0.1, -0.05) is 17.7 Å². The van der Waals surface area contributed by atoms with Crippen LogP contribution in [-0.4, -0.2) is 10.2 Å². The van der Waals surface area contributed by atoms with Crippen LogP contribution in [0.5, 0.6) is 0 Å². The molecular weight excluding hydrogens is 353 g/mol. The van der Waals surface area contributed by atoms with E-state index in [0.717, 1.165) is 36.9 Å². The quantitative estimate of drug-likeness (QED) is 0.688. The van der Waals surface area contributed by atoms with Crippen molar-refractivity contribution in [2.24, 2.45) is 29.6 Å². The van der Waals surface area contributed by atoms with Gasteiger partial charge in [0.1, 0.15) is 4.33 Å². The summed E-state index contributed by atoms with van der Waals surface area (Å²) < 4.78 is -0.494. The number of halogens is 3. The van der Waals surface area contributed by atoms with Gasteiger partial charge in [0, 0.05) is 16.6 Å². The summed E-state index contributed by atoms with van der Waals surface area (Å²) >= 11 is 18.7. The lowest BCUT2D eigenvalue weighted by atomic mass is 10.0. The van der Waals surface area contributed by atoms with Crippen molar-refractivity contribution < 1.29 is 4.79 Å². The lowest BCUT2D eigenvalue weighted by Gasteiger charge is -2.09. The van der Waals surface area contributed by atoms with Crippen molar-refractivity contribution in [3.05, 3.63) is 28.8 Å². The standard InChI is InChI=1S/C18H20Cl3NO/c1-9-2-3-10(19)8-15(9)22-17(23)16-11-4-6-13-14(18(13,20)21)7-5-12(11)16/h2-3,8,11-14,16H,4-7H2,1H3,(H,22,23). The molecule has 3 fully saturated rings. The van der Waals surface area contributed by atoms with Crippen LogP contribution in [0.15, 0.2) is 18.2 Å². The largest absolute Gasteiger partial charge is 0.326 e. The zero-order chi connectivity index (χ0) is 16.4. The van der Waals surface area contributed by atoms with Crippen LogP contribution < -0.4 is 5.32 Å². The molecule has 23 heavy (non-hydrogen) atoms. The lowest BCUT2D eigenvalue weighted by molar-refractivity contribution is -0.117. The molecule has 0 aromatic heterocycles. The predicted octanol–water partition coefficient (Wildman–Crippen LogP) is 5.44. The summed E-state index contributed by atoms with van der Waals surface area (Å²) in [6, 6.07) is 5.60. The maximum atomic E-state index is 12.6. The Kier molecular flexibility index (Phi) is 3.87. The van der Waals surface area contributed by atoms with Gasteiger partial charge in [-0.3, -0.25) is 4.79 Å². The van der Waals surface area contributed by atoms with E-state index in [1.165, 1.54) is 0 Å². The Labute approximate surface area is 151 Å². The Morgan fingerprint density at radius 1 is 1.13 bits per heavy atom. The van der Waals surface area contributed by atoms with Crippen LogP contribution in [0.1, 0.15) is 31.2 Å². The van der Waals surface area contributed by atoms with Crippen molar-refractivity contribution in [3.63, 3.8) is 0 Å². The molecule has 1 amide bonds. The van der Waals surface area contributed by atoms with Crippen molar-refractivity contribution >= 4 is 46.4 Å². The normalized spacial score (nSPS) is 37.0. The minimum Gasteiger partial charge on any atom is -0.326 e. The van der Waals surface area contributed by atoms with Crippen LogP contribution in [0.4, 0.5) is 5.69 Å². The van der Waals surface area contributed by atoms with Gasteiger partial charge in [-0.25, -0.2) is 0 Å². The van der Waals surface area contributed by atoms with E-state index in [2.05, 4.69) is 5.32 Å². The van der Waals surface area contributed by atoms with E-state index in [9.17, 15) is 4.79 Å². The third kappa shape index (κ3) is 2.77. The highest BCUT2D eigenvalue weighted by atomic mass is 35.5. The highest BCUT2D eigenvalue weighted by molar-refractivity contribution is 6.51. The highest BCUT2D eigenvalue weighted by Gasteiger charge is 2.65. The van der Waals surface area contributed by atoms with Crippen LogP contribution in [0.25, 0.3) is 0 Å². The highest BCUT2D eigenvalue weighted by Crippen LogP contribution is 2.67. The molecule has 0 spiro atoms. The Bertz CT molecular complexity index is 638. The van der Waals surface area contributed by atoms with E-state index >= 15 is 0 Å². The molecule has 0 radical (unpaired) electrons.